The van der Waals surface area contributed by atoms with Crippen molar-refractivity contribution in [2.75, 3.05) is 19.7 Å². The molecular weight excluding hydrogens is 434 g/mol. The molecule has 184 valence electrons. The number of amides is 3. The van der Waals surface area contributed by atoms with E-state index in [-0.39, 0.29) is 24.3 Å². The summed E-state index contributed by atoms with van der Waals surface area (Å²) in [5.41, 5.74) is 1.48. The van der Waals surface area contributed by atoms with Gasteiger partial charge >= 0.3 is 0 Å². The van der Waals surface area contributed by atoms with Crippen molar-refractivity contribution in [1.29, 1.82) is 0 Å². The lowest BCUT2D eigenvalue weighted by Gasteiger charge is -2.39. The van der Waals surface area contributed by atoms with Gasteiger partial charge in [-0.2, -0.15) is 0 Å². The molecule has 2 N–H and O–H groups in total. The number of carbonyl (C=O) groups is 3. The molecule has 0 radical (unpaired) electrons. The molecule has 0 spiro atoms. The number of nitrogens with zero attached hydrogens (tertiary/aromatic N) is 2. The lowest BCUT2D eigenvalue weighted by Crippen LogP contribution is -2.52. The molecular formula is C26H35N3O5. The smallest absolute Gasteiger partial charge is 0.255 e. The summed E-state index contributed by atoms with van der Waals surface area (Å²) in [6.45, 7) is 3.17. The van der Waals surface area contributed by atoms with E-state index >= 15 is 0 Å². The van der Waals surface area contributed by atoms with Crippen LogP contribution < -0.4 is 10.1 Å². The van der Waals surface area contributed by atoms with Crippen LogP contribution in [0, 0.1) is 5.92 Å². The second-order valence-corrected chi connectivity index (χ2v) is 10.3. The van der Waals surface area contributed by atoms with Crippen LogP contribution in [0.4, 0.5) is 0 Å². The number of aliphatic hydroxyl groups excluding tert-OH is 1. The highest BCUT2D eigenvalue weighted by atomic mass is 16.5. The van der Waals surface area contributed by atoms with E-state index in [4.69, 9.17) is 4.74 Å². The van der Waals surface area contributed by atoms with Crippen molar-refractivity contribution in [2.24, 2.45) is 5.92 Å². The third-order valence-corrected chi connectivity index (χ3v) is 8.00. The minimum absolute atomic E-state index is 0.116. The maximum Gasteiger partial charge on any atom is 0.255 e. The Morgan fingerprint density at radius 1 is 1.03 bits per heavy atom. The number of rotatable bonds is 6. The lowest BCUT2D eigenvalue weighted by atomic mass is 9.86. The Kier molecular flexibility index (Phi) is 6.88. The van der Waals surface area contributed by atoms with Gasteiger partial charge < -0.3 is 14.7 Å². The van der Waals surface area contributed by atoms with E-state index < -0.39 is 11.9 Å². The first-order chi connectivity index (χ1) is 16.5. The van der Waals surface area contributed by atoms with E-state index in [1.807, 2.05) is 12.1 Å². The van der Waals surface area contributed by atoms with Crippen LogP contribution >= 0.6 is 0 Å². The van der Waals surface area contributed by atoms with Gasteiger partial charge in [-0.25, -0.2) is 0 Å². The zero-order valence-electron chi connectivity index (χ0n) is 19.7. The van der Waals surface area contributed by atoms with Crippen LogP contribution in [0.3, 0.4) is 0 Å². The highest BCUT2D eigenvalue weighted by molar-refractivity contribution is 6.05. The number of nitrogens with one attached hydrogen (secondary N) is 1. The normalized spacial score (nSPS) is 30.3. The highest BCUT2D eigenvalue weighted by Gasteiger charge is 2.39. The second-order valence-electron chi connectivity index (χ2n) is 10.3. The van der Waals surface area contributed by atoms with E-state index in [9.17, 15) is 19.5 Å². The average molecular weight is 470 g/mol. The monoisotopic (exact) mass is 469 g/mol. The predicted octanol–water partition coefficient (Wildman–Crippen LogP) is 2.23. The molecule has 0 bridgehead atoms. The number of carbonyl (C=O) groups excluding carboxylic acids is 3. The fourth-order valence-corrected chi connectivity index (χ4v) is 5.98. The fraction of sp³-hybridized carbons (Fsp3) is 0.654. The molecule has 1 saturated carbocycles. The molecule has 8 nitrogen and oxygen atoms in total. The third-order valence-electron chi connectivity index (χ3n) is 8.00. The molecule has 1 unspecified atom stereocenters. The van der Waals surface area contributed by atoms with Gasteiger partial charge in [-0.3, -0.25) is 24.6 Å². The van der Waals surface area contributed by atoms with Crippen molar-refractivity contribution in [1.82, 2.24) is 15.1 Å². The number of imide groups is 1. The number of likely N-dealkylation sites (tertiary alicyclic amines) is 1. The summed E-state index contributed by atoms with van der Waals surface area (Å²) < 4.78 is 6.22. The van der Waals surface area contributed by atoms with Crippen LogP contribution in [0.5, 0.6) is 5.75 Å². The predicted molar refractivity (Wildman–Crippen MR) is 125 cm³/mol. The van der Waals surface area contributed by atoms with Gasteiger partial charge in [-0.05, 0) is 81.2 Å². The Balaban J connectivity index is 1.19. The highest BCUT2D eigenvalue weighted by Crippen LogP contribution is 2.31. The van der Waals surface area contributed by atoms with Crippen LogP contribution in [-0.2, 0) is 16.1 Å². The maximum atomic E-state index is 12.9. The molecule has 4 aliphatic rings. The topological polar surface area (TPSA) is 99.2 Å². The molecule has 2 atom stereocenters. The third kappa shape index (κ3) is 4.98. The SMILES string of the molecule is O=C1CCC(N2Cc3cc(OC[C@H]4CCCCN4CC4CCC(O)CC4)ccc3C2=O)C(=O)N1. The molecule has 1 aliphatic carbocycles. The fourth-order valence-electron chi connectivity index (χ4n) is 5.98. The molecule has 8 heteroatoms. The molecule has 3 heterocycles. The molecule has 3 aliphatic heterocycles. The van der Waals surface area contributed by atoms with Crippen LogP contribution in [0.2, 0.25) is 0 Å². The Morgan fingerprint density at radius 2 is 1.85 bits per heavy atom. The number of aliphatic hydroxyl groups is 1. The Morgan fingerprint density at radius 3 is 2.65 bits per heavy atom. The van der Waals surface area contributed by atoms with Crippen LogP contribution in [0.25, 0.3) is 0 Å². The summed E-state index contributed by atoms with van der Waals surface area (Å²) in [5, 5.41) is 12.1. The molecule has 1 aromatic carbocycles. The zero-order chi connectivity index (χ0) is 23.7. The van der Waals surface area contributed by atoms with Gasteiger partial charge in [0.05, 0.1) is 6.10 Å². The summed E-state index contributed by atoms with van der Waals surface area (Å²) in [6, 6.07) is 5.36. The summed E-state index contributed by atoms with van der Waals surface area (Å²) in [6.07, 6.45) is 8.12. The Hall–Kier alpha value is -2.45. The minimum Gasteiger partial charge on any atom is -0.492 e. The van der Waals surface area contributed by atoms with Crippen LogP contribution in [-0.4, -0.2) is 70.5 Å². The summed E-state index contributed by atoms with van der Waals surface area (Å²) in [5.74, 6) is 0.584. The largest absolute Gasteiger partial charge is 0.492 e. The summed E-state index contributed by atoms with van der Waals surface area (Å²) in [7, 11) is 0. The molecule has 3 amide bonds. The molecule has 1 aromatic rings. The van der Waals surface area contributed by atoms with E-state index in [1.54, 1.807) is 11.0 Å². The van der Waals surface area contributed by atoms with Gasteiger partial charge in [0.25, 0.3) is 5.91 Å². The molecule has 3 fully saturated rings. The van der Waals surface area contributed by atoms with E-state index in [0.29, 0.717) is 37.1 Å². The van der Waals surface area contributed by atoms with Gasteiger partial charge in [0, 0.05) is 31.1 Å². The van der Waals surface area contributed by atoms with Crippen molar-refractivity contribution in [3.05, 3.63) is 29.3 Å². The number of benzene rings is 1. The number of piperidine rings is 2. The quantitative estimate of drug-likeness (QED) is 0.620. The van der Waals surface area contributed by atoms with Crippen molar-refractivity contribution in [3.8, 4) is 5.75 Å². The van der Waals surface area contributed by atoms with Crippen molar-refractivity contribution in [3.63, 3.8) is 0 Å². The molecule has 34 heavy (non-hydrogen) atoms. The lowest BCUT2D eigenvalue weighted by molar-refractivity contribution is -0.136. The summed E-state index contributed by atoms with van der Waals surface area (Å²) in [4.78, 5) is 40.8. The van der Waals surface area contributed by atoms with Gasteiger partial charge in [-0.1, -0.05) is 6.42 Å². The van der Waals surface area contributed by atoms with Crippen LogP contribution in [0.1, 0.15) is 73.7 Å². The first kappa shape index (κ1) is 23.3. The molecule has 2 saturated heterocycles. The number of fused-ring (bicyclic) bond motifs is 1. The summed E-state index contributed by atoms with van der Waals surface area (Å²) >= 11 is 0. The number of hydrogen-bond acceptors (Lipinski definition) is 6. The Labute approximate surface area is 200 Å². The number of hydrogen-bond donors (Lipinski definition) is 2. The molecule has 0 aromatic heterocycles. The number of ether oxygens (including phenoxy) is 1. The second kappa shape index (κ2) is 10.0. The molecule has 5 rings (SSSR count). The van der Waals surface area contributed by atoms with Gasteiger partial charge in [0.2, 0.25) is 11.8 Å². The standard InChI is InChI=1S/C26H35N3O5/c30-20-6-4-17(5-7-20)14-28-12-2-1-3-19(28)16-34-21-8-9-22-18(13-21)15-29(26(22)33)23-10-11-24(31)27-25(23)32/h8-9,13,17,19-20,23,30H,1-7,10-12,14-16H2,(H,27,31,32)/t17?,19-,20?,23?/m1/s1. The van der Waals surface area contributed by atoms with Gasteiger partial charge in [-0.15, -0.1) is 0 Å². The van der Waals surface area contributed by atoms with E-state index in [2.05, 4.69) is 10.2 Å². The Bertz CT molecular complexity index is 942. The van der Waals surface area contributed by atoms with Gasteiger partial charge in [0.15, 0.2) is 0 Å². The zero-order valence-corrected chi connectivity index (χ0v) is 19.7. The average Bonchev–Trinajstić information content (AvgIpc) is 3.15. The van der Waals surface area contributed by atoms with Crippen LogP contribution in [0.15, 0.2) is 18.2 Å². The van der Waals surface area contributed by atoms with Gasteiger partial charge in [0.1, 0.15) is 18.4 Å². The van der Waals surface area contributed by atoms with E-state index in [0.717, 1.165) is 56.5 Å². The first-order valence-electron chi connectivity index (χ1n) is 12.8. The minimum atomic E-state index is -0.598. The van der Waals surface area contributed by atoms with Crippen molar-refractivity contribution in [2.45, 2.75) is 82.5 Å². The maximum absolute atomic E-state index is 12.9. The van der Waals surface area contributed by atoms with Crippen molar-refractivity contribution >= 4 is 17.7 Å². The van der Waals surface area contributed by atoms with Crippen molar-refractivity contribution < 1.29 is 24.2 Å². The van der Waals surface area contributed by atoms with E-state index in [1.165, 1.54) is 12.8 Å². The first-order valence-corrected chi connectivity index (χ1v) is 12.8.